The van der Waals surface area contributed by atoms with Crippen molar-refractivity contribution in [2.45, 2.75) is 31.5 Å². The van der Waals surface area contributed by atoms with Crippen LogP contribution in [0.5, 0.6) is 0 Å². The Balaban J connectivity index is 1.46. The van der Waals surface area contributed by atoms with E-state index in [0.717, 1.165) is 74.4 Å². The molecule has 0 heterocycles. The highest BCUT2D eigenvalue weighted by Gasteiger charge is 2.31. The van der Waals surface area contributed by atoms with E-state index in [-0.39, 0.29) is 5.69 Å². The number of nitrogens with two attached hydrogens (primary N) is 1. The first kappa shape index (κ1) is 27.0. The van der Waals surface area contributed by atoms with Crippen LogP contribution in [0.4, 0.5) is 29.3 Å². The van der Waals surface area contributed by atoms with E-state index in [2.05, 4.69) is 24.3 Å². The molecule has 0 aromatic heterocycles. The van der Waals surface area contributed by atoms with Gasteiger partial charge in [-0.3, -0.25) is 4.90 Å². The number of fused-ring (bicyclic) bond motifs is 5. The third-order valence-corrected chi connectivity index (χ3v) is 8.59. The quantitative estimate of drug-likeness (QED) is 0.225. The molecule has 1 unspecified atom stereocenters. The Kier molecular flexibility index (Phi) is 6.36. The standard InChI is InChI=1S/C36H27F3N2O2/c37-36(38,39)22-12-14-23(15-13-22)41(35(40)43)34-24-6-2-1-5-21(24)11-16-32(34)27-8-3-7-25-28(27)17-18-30-26-9-4-10-33(42)31(26)20-19-29(25)30/h1-9,11-18,33,42H,10,19-20H2,(H2,40,43). The van der Waals surface area contributed by atoms with Gasteiger partial charge in [0.1, 0.15) is 0 Å². The van der Waals surface area contributed by atoms with Gasteiger partial charge >= 0.3 is 12.2 Å². The van der Waals surface area contributed by atoms with E-state index in [1.54, 1.807) is 0 Å². The van der Waals surface area contributed by atoms with E-state index in [9.17, 15) is 23.1 Å². The molecule has 0 spiro atoms. The first-order valence-electron chi connectivity index (χ1n) is 14.1. The second-order valence-electron chi connectivity index (χ2n) is 11.0. The van der Waals surface area contributed by atoms with Crippen LogP contribution in [0, 0.1) is 0 Å². The van der Waals surface area contributed by atoms with Crippen molar-refractivity contribution in [3.8, 4) is 11.1 Å². The van der Waals surface area contributed by atoms with Crippen LogP contribution in [-0.2, 0) is 12.6 Å². The Morgan fingerprint density at radius 2 is 1.53 bits per heavy atom. The number of hydrogen-bond donors (Lipinski definition) is 2. The summed E-state index contributed by atoms with van der Waals surface area (Å²) >= 11 is 0. The summed E-state index contributed by atoms with van der Waals surface area (Å²) in [5, 5.41) is 14.3. The topological polar surface area (TPSA) is 66.6 Å². The number of amides is 2. The minimum atomic E-state index is -4.51. The number of hydrogen-bond acceptors (Lipinski definition) is 2. The number of carbonyl (C=O) groups excluding carboxylic acids is 1. The molecule has 43 heavy (non-hydrogen) atoms. The van der Waals surface area contributed by atoms with Crippen molar-refractivity contribution in [2.24, 2.45) is 5.73 Å². The maximum absolute atomic E-state index is 13.4. The fourth-order valence-electron chi connectivity index (χ4n) is 6.62. The zero-order chi connectivity index (χ0) is 29.9. The van der Waals surface area contributed by atoms with E-state index >= 15 is 0 Å². The Morgan fingerprint density at radius 1 is 0.791 bits per heavy atom. The van der Waals surface area contributed by atoms with Crippen LogP contribution in [0.2, 0.25) is 0 Å². The number of anilines is 2. The number of allylic oxidation sites excluding steroid dienone is 2. The molecule has 7 heteroatoms. The molecule has 7 rings (SSSR count). The highest BCUT2D eigenvalue weighted by Crippen LogP contribution is 2.46. The van der Waals surface area contributed by atoms with Gasteiger partial charge in [-0.05, 0) is 87.5 Å². The maximum atomic E-state index is 13.4. The Labute approximate surface area is 246 Å². The van der Waals surface area contributed by atoms with Gasteiger partial charge < -0.3 is 10.8 Å². The molecule has 0 saturated heterocycles. The van der Waals surface area contributed by atoms with Crippen LogP contribution >= 0.6 is 0 Å². The van der Waals surface area contributed by atoms with E-state index in [0.29, 0.717) is 12.1 Å². The second kappa shape index (κ2) is 10.1. The summed E-state index contributed by atoms with van der Waals surface area (Å²) in [6, 6.07) is 25.4. The smallest absolute Gasteiger partial charge is 0.388 e. The van der Waals surface area contributed by atoms with E-state index in [1.165, 1.54) is 22.6 Å². The van der Waals surface area contributed by atoms with Crippen LogP contribution < -0.4 is 10.6 Å². The van der Waals surface area contributed by atoms with Crippen molar-refractivity contribution in [3.05, 3.63) is 125 Å². The monoisotopic (exact) mass is 576 g/mol. The summed E-state index contributed by atoms with van der Waals surface area (Å²) in [7, 11) is 0. The molecule has 2 aliphatic rings. The Hall–Kier alpha value is -4.88. The van der Waals surface area contributed by atoms with Crippen molar-refractivity contribution in [1.29, 1.82) is 0 Å². The number of halogens is 3. The van der Waals surface area contributed by atoms with Gasteiger partial charge in [-0.25, -0.2) is 4.79 Å². The van der Waals surface area contributed by atoms with Crippen molar-refractivity contribution in [2.75, 3.05) is 4.90 Å². The molecule has 214 valence electrons. The largest absolute Gasteiger partial charge is 0.416 e. The molecule has 0 aliphatic heterocycles. The van der Waals surface area contributed by atoms with Gasteiger partial charge in [-0.2, -0.15) is 13.2 Å². The number of benzene rings is 5. The number of carbonyl (C=O) groups is 1. The summed E-state index contributed by atoms with van der Waals surface area (Å²) in [5.41, 5.74) is 12.0. The number of alkyl halides is 3. The lowest BCUT2D eigenvalue weighted by atomic mass is 9.78. The highest BCUT2D eigenvalue weighted by atomic mass is 19.4. The predicted molar refractivity (Wildman–Crippen MR) is 165 cm³/mol. The summed E-state index contributed by atoms with van der Waals surface area (Å²) in [5.74, 6) is 0. The number of rotatable bonds is 3. The number of aliphatic hydroxyl groups is 1. The summed E-state index contributed by atoms with van der Waals surface area (Å²) in [6.45, 7) is 0. The Morgan fingerprint density at radius 3 is 2.30 bits per heavy atom. The molecule has 0 radical (unpaired) electrons. The van der Waals surface area contributed by atoms with Gasteiger partial charge in [-0.15, -0.1) is 0 Å². The molecule has 2 amide bonds. The normalized spacial score (nSPS) is 16.3. The molecule has 0 fully saturated rings. The zero-order valence-corrected chi connectivity index (χ0v) is 23.0. The van der Waals surface area contributed by atoms with Crippen LogP contribution in [0.15, 0.2) is 109 Å². The van der Waals surface area contributed by atoms with Crippen molar-refractivity contribution in [1.82, 2.24) is 0 Å². The molecule has 1 atom stereocenters. The second-order valence-corrected chi connectivity index (χ2v) is 11.0. The molecule has 4 nitrogen and oxygen atoms in total. The van der Waals surface area contributed by atoms with Gasteiger partial charge in [-0.1, -0.05) is 78.9 Å². The van der Waals surface area contributed by atoms with Crippen LogP contribution in [0.3, 0.4) is 0 Å². The minimum Gasteiger partial charge on any atom is -0.388 e. The molecule has 0 bridgehead atoms. The third-order valence-electron chi connectivity index (χ3n) is 8.59. The van der Waals surface area contributed by atoms with Crippen molar-refractivity contribution < 1.29 is 23.1 Å². The van der Waals surface area contributed by atoms with E-state index in [4.69, 9.17) is 5.73 Å². The summed E-state index contributed by atoms with van der Waals surface area (Å²) < 4.78 is 40.1. The number of aliphatic hydroxyl groups excluding tert-OH is 1. The number of urea groups is 1. The lowest BCUT2D eigenvalue weighted by Gasteiger charge is -2.29. The lowest BCUT2D eigenvalue weighted by Crippen LogP contribution is -2.32. The van der Waals surface area contributed by atoms with Crippen LogP contribution in [0.1, 0.15) is 29.5 Å². The first-order chi connectivity index (χ1) is 20.7. The average molecular weight is 577 g/mol. The van der Waals surface area contributed by atoms with Crippen molar-refractivity contribution >= 4 is 44.5 Å². The van der Waals surface area contributed by atoms with Crippen LogP contribution in [-0.4, -0.2) is 17.2 Å². The van der Waals surface area contributed by atoms with Gasteiger partial charge in [0.25, 0.3) is 0 Å². The van der Waals surface area contributed by atoms with Gasteiger partial charge in [0.15, 0.2) is 0 Å². The number of nitrogens with zero attached hydrogens (tertiary/aromatic N) is 1. The number of primary amides is 1. The SMILES string of the molecule is NC(=O)N(c1ccc(C(F)(F)F)cc1)c1c(-c2cccc3c4c(ccc23)C2=C(CC4)C(O)CC=C2)ccc2ccccc12. The lowest BCUT2D eigenvalue weighted by molar-refractivity contribution is -0.137. The molecular weight excluding hydrogens is 549 g/mol. The maximum Gasteiger partial charge on any atom is 0.416 e. The van der Waals surface area contributed by atoms with Crippen molar-refractivity contribution in [3.63, 3.8) is 0 Å². The molecule has 5 aromatic carbocycles. The predicted octanol–water partition coefficient (Wildman–Crippen LogP) is 8.92. The first-order valence-corrected chi connectivity index (χ1v) is 14.1. The summed E-state index contributed by atoms with van der Waals surface area (Å²) in [6.07, 6.45) is 1.36. The third kappa shape index (κ3) is 4.48. The highest BCUT2D eigenvalue weighted by molar-refractivity contribution is 6.15. The fourth-order valence-corrected chi connectivity index (χ4v) is 6.62. The van der Waals surface area contributed by atoms with Gasteiger partial charge in [0.2, 0.25) is 0 Å². The van der Waals surface area contributed by atoms with Crippen LogP contribution in [0.25, 0.3) is 38.2 Å². The van der Waals surface area contributed by atoms with Gasteiger partial charge in [0, 0.05) is 10.9 Å². The summed E-state index contributed by atoms with van der Waals surface area (Å²) in [4.78, 5) is 14.4. The minimum absolute atomic E-state index is 0.234. The molecule has 0 saturated carbocycles. The average Bonchev–Trinajstić information content (AvgIpc) is 3.00. The zero-order valence-electron chi connectivity index (χ0n) is 23.0. The number of aryl methyl sites for hydroxylation is 1. The Bertz CT molecular complexity index is 1990. The molecule has 5 aromatic rings. The molecule has 2 aliphatic carbocycles. The molecule has 3 N–H and O–H groups in total. The van der Waals surface area contributed by atoms with E-state index in [1.807, 2.05) is 54.6 Å². The van der Waals surface area contributed by atoms with E-state index < -0.39 is 23.9 Å². The fraction of sp³-hybridized carbons (Fsp3) is 0.139. The van der Waals surface area contributed by atoms with Gasteiger partial charge in [0.05, 0.1) is 23.0 Å². The molecular formula is C36H27F3N2O2.